The maximum absolute atomic E-state index is 9.00. The lowest BCUT2D eigenvalue weighted by Crippen LogP contribution is -1.96. The van der Waals surface area contributed by atoms with E-state index in [1.54, 1.807) is 0 Å². The van der Waals surface area contributed by atoms with Gasteiger partial charge in [-0.05, 0) is 19.1 Å². The SMILES string of the molecule is CCOc1cc(SS)ccc1CO. The Morgan fingerprint density at radius 1 is 1.54 bits per heavy atom. The number of aliphatic hydroxyl groups excluding tert-OH is 1. The molecular weight excluding hydrogens is 204 g/mol. The zero-order valence-corrected chi connectivity index (χ0v) is 9.07. The van der Waals surface area contributed by atoms with Crippen LogP contribution in [-0.4, -0.2) is 11.7 Å². The fourth-order valence-electron chi connectivity index (χ4n) is 1.01. The second-order valence-electron chi connectivity index (χ2n) is 2.45. The number of hydrogen-bond donors (Lipinski definition) is 2. The predicted octanol–water partition coefficient (Wildman–Crippen LogP) is 2.51. The summed E-state index contributed by atoms with van der Waals surface area (Å²) in [5.74, 6) is 0.740. The Labute approximate surface area is 87.1 Å². The molecule has 1 N–H and O–H groups in total. The summed E-state index contributed by atoms with van der Waals surface area (Å²) in [4.78, 5) is 1.02. The minimum atomic E-state index is 0.00680. The van der Waals surface area contributed by atoms with Crippen molar-refractivity contribution in [2.75, 3.05) is 6.61 Å². The van der Waals surface area contributed by atoms with Crippen molar-refractivity contribution in [1.82, 2.24) is 0 Å². The van der Waals surface area contributed by atoms with Crippen LogP contribution in [0.1, 0.15) is 12.5 Å². The highest BCUT2D eigenvalue weighted by molar-refractivity contribution is 8.68. The lowest BCUT2D eigenvalue weighted by atomic mass is 10.2. The maximum Gasteiger partial charge on any atom is 0.125 e. The van der Waals surface area contributed by atoms with Crippen molar-refractivity contribution in [2.45, 2.75) is 18.4 Å². The Bertz CT molecular complexity index is 276. The van der Waals surface area contributed by atoms with E-state index in [4.69, 9.17) is 9.84 Å². The Morgan fingerprint density at radius 3 is 2.85 bits per heavy atom. The molecule has 1 aromatic carbocycles. The first-order valence-electron chi connectivity index (χ1n) is 3.99. The molecule has 0 saturated carbocycles. The zero-order valence-electron chi connectivity index (χ0n) is 7.36. The summed E-state index contributed by atoms with van der Waals surface area (Å²) in [6, 6.07) is 5.64. The molecule has 0 radical (unpaired) electrons. The highest BCUT2D eigenvalue weighted by atomic mass is 33.1. The largest absolute Gasteiger partial charge is 0.493 e. The number of benzene rings is 1. The van der Waals surface area contributed by atoms with E-state index in [0.29, 0.717) is 6.61 Å². The summed E-state index contributed by atoms with van der Waals surface area (Å²) in [6.45, 7) is 2.53. The van der Waals surface area contributed by atoms with Crippen molar-refractivity contribution in [3.8, 4) is 5.75 Å². The van der Waals surface area contributed by atoms with Gasteiger partial charge in [-0.3, -0.25) is 0 Å². The Balaban J connectivity index is 2.95. The number of aliphatic hydroxyl groups is 1. The van der Waals surface area contributed by atoms with Crippen molar-refractivity contribution in [3.05, 3.63) is 23.8 Å². The summed E-state index contributed by atoms with van der Waals surface area (Å²) >= 11 is 4.09. The van der Waals surface area contributed by atoms with Crippen LogP contribution in [0.5, 0.6) is 5.75 Å². The van der Waals surface area contributed by atoms with Crippen molar-refractivity contribution in [1.29, 1.82) is 0 Å². The Kier molecular flexibility index (Phi) is 4.48. The van der Waals surface area contributed by atoms with Crippen LogP contribution in [0.25, 0.3) is 0 Å². The molecule has 0 atom stereocenters. The molecule has 0 amide bonds. The molecule has 0 bridgehead atoms. The third kappa shape index (κ3) is 2.83. The highest BCUT2D eigenvalue weighted by Gasteiger charge is 2.03. The van der Waals surface area contributed by atoms with Crippen LogP contribution in [0.2, 0.25) is 0 Å². The van der Waals surface area contributed by atoms with Crippen LogP contribution in [0.3, 0.4) is 0 Å². The van der Waals surface area contributed by atoms with Crippen molar-refractivity contribution >= 4 is 22.5 Å². The summed E-state index contributed by atoms with van der Waals surface area (Å²) in [5.41, 5.74) is 0.813. The molecule has 72 valence electrons. The van der Waals surface area contributed by atoms with Crippen LogP contribution < -0.4 is 4.74 Å². The standard InChI is InChI=1S/C9H12O2S2/c1-2-11-9-5-8(13-12)4-3-7(9)6-10/h3-5,10,12H,2,6H2,1H3. The molecule has 0 aromatic heterocycles. The van der Waals surface area contributed by atoms with Crippen molar-refractivity contribution in [3.63, 3.8) is 0 Å². The molecule has 1 rings (SSSR count). The van der Waals surface area contributed by atoms with Gasteiger partial charge in [0.2, 0.25) is 0 Å². The second-order valence-corrected chi connectivity index (χ2v) is 3.65. The topological polar surface area (TPSA) is 29.5 Å². The van der Waals surface area contributed by atoms with E-state index in [2.05, 4.69) is 11.7 Å². The van der Waals surface area contributed by atoms with Gasteiger partial charge >= 0.3 is 0 Å². The smallest absolute Gasteiger partial charge is 0.125 e. The number of rotatable bonds is 4. The monoisotopic (exact) mass is 216 g/mol. The average Bonchev–Trinajstić information content (AvgIpc) is 2.18. The fraction of sp³-hybridized carbons (Fsp3) is 0.333. The van der Waals surface area contributed by atoms with Gasteiger partial charge in [0.05, 0.1) is 13.2 Å². The fourth-order valence-corrected chi connectivity index (χ4v) is 1.64. The van der Waals surface area contributed by atoms with Gasteiger partial charge in [-0.2, -0.15) is 0 Å². The van der Waals surface area contributed by atoms with Crippen LogP contribution in [0.4, 0.5) is 0 Å². The molecule has 0 fully saturated rings. The van der Waals surface area contributed by atoms with Crippen LogP contribution in [-0.2, 0) is 6.61 Å². The average molecular weight is 216 g/mol. The molecule has 0 aliphatic rings. The molecule has 0 saturated heterocycles. The third-order valence-electron chi connectivity index (χ3n) is 1.61. The minimum absolute atomic E-state index is 0.00680. The van der Waals surface area contributed by atoms with E-state index in [0.717, 1.165) is 16.2 Å². The van der Waals surface area contributed by atoms with Gasteiger partial charge < -0.3 is 9.84 Å². The quantitative estimate of drug-likeness (QED) is 0.598. The van der Waals surface area contributed by atoms with E-state index >= 15 is 0 Å². The molecule has 1 aromatic rings. The minimum Gasteiger partial charge on any atom is -0.493 e. The second kappa shape index (κ2) is 5.42. The summed E-state index contributed by atoms with van der Waals surface area (Å²) in [5, 5.41) is 9.00. The van der Waals surface area contributed by atoms with Crippen LogP contribution in [0.15, 0.2) is 23.1 Å². The molecule has 4 heteroatoms. The first-order chi connectivity index (χ1) is 6.31. The van der Waals surface area contributed by atoms with E-state index in [-0.39, 0.29) is 6.61 Å². The molecular formula is C9H12O2S2. The number of thiol groups is 1. The molecule has 0 aliphatic carbocycles. The van der Waals surface area contributed by atoms with E-state index < -0.39 is 0 Å². The van der Waals surface area contributed by atoms with Gasteiger partial charge in [-0.1, -0.05) is 16.9 Å². The van der Waals surface area contributed by atoms with E-state index in [9.17, 15) is 0 Å². The molecule has 2 nitrogen and oxygen atoms in total. The predicted molar refractivity (Wildman–Crippen MR) is 58.4 cm³/mol. The Morgan fingerprint density at radius 2 is 2.31 bits per heavy atom. The van der Waals surface area contributed by atoms with Gasteiger partial charge in [0, 0.05) is 10.5 Å². The summed E-state index contributed by atoms with van der Waals surface area (Å²) in [7, 11) is 1.36. The van der Waals surface area contributed by atoms with Crippen molar-refractivity contribution in [2.24, 2.45) is 0 Å². The molecule has 0 heterocycles. The van der Waals surface area contributed by atoms with Crippen molar-refractivity contribution < 1.29 is 9.84 Å². The lowest BCUT2D eigenvalue weighted by Gasteiger charge is -2.08. The van der Waals surface area contributed by atoms with Gasteiger partial charge in [0.15, 0.2) is 0 Å². The first-order valence-corrected chi connectivity index (χ1v) is 5.86. The molecule has 13 heavy (non-hydrogen) atoms. The van der Waals surface area contributed by atoms with Crippen LogP contribution in [0, 0.1) is 0 Å². The molecule has 0 unspecified atom stereocenters. The highest BCUT2D eigenvalue weighted by Crippen LogP contribution is 2.28. The van der Waals surface area contributed by atoms with Gasteiger partial charge in [0.1, 0.15) is 5.75 Å². The normalized spacial score (nSPS) is 10.1. The van der Waals surface area contributed by atoms with Gasteiger partial charge in [0.25, 0.3) is 0 Å². The van der Waals surface area contributed by atoms with Crippen LogP contribution >= 0.6 is 22.5 Å². The first kappa shape index (κ1) is 10.8. The lowest BCUT2D eigenvalue weighted by molar-refractivity contribution is 0.266. The maximum atomic E-state index is 9.00. The van der Waals surface area contributed by atoms with E-state index in [1.807, 2.05) is 25.1 Å². The zero-order chi connectivity index (χ0) is 9.68. The van der Waals surface area contributed by atoms with Gasteiger partial charge in [-0.15, -0.1) is 11.7 Å². The number of hydrogen-bond acceptors (Lipinski definition) is 4. The van der Waals surface area contributed by atoms with Gasteiger partial charge in [-0.25, -0.2) is 0 Å². The summed E-state index contributed by atoms with van der Waals surface area (Å²) < 4.78 is 5.36. The third-order valence-corrected chi connectivity index (χ3v) is 2.71. The number of ether oxygens (including phenoxy) is 1. The summed E-state index contributed by atoms with van der Waals surface area (Å²) in [6.07, 6.45) is 0. The van der Waals surface area contributed by atoms with E-state index in [1.165, 1.54) is 10.8 Å². The molecule has 0 aliphatic heterocycles. The Hall–Kier alpha value is -0.320. The molecule has 0 spiro atoms.